The minimum absolute atomic E-state index is 0.0379. The maximum absolute atomic E-state index is 12.9. The number of piperidine rings is 1. The summed E-state index contributed by atoms with van der Waals surface area (Å²) in [5.74, 6) is 0.912. The van der Waals surface area contributed by atoms with Crippen molar-refractivity contribution in [3.05, 3.63) is 66.1 Å². The average Bonchev–Trinajstić information content (AvgIpc) is 3.24. The van der Waals surface area contributed by atoms with Gasteiger partial charge in [-0.25, -0.2) is 0 Å². The summed E-state index contributed by atoms with van der Waals surface area (Å²) in [5, 5.41) is 6.97. The number of nitrogens with one attached hydrogen (secondary N) is 1. The molecule has 0 aliphatic carbocycles. The van der Waals surface area contributed by atoms with Gasteiger partial charge in [0.25, 0.3) is 0 Å². The third-order valence-electron chi connectivity index (χ3n) is 5.64. The molecule has 0 radical (unpaired) electrons. The summed E-state index contributed by atoms with van der Waals surface area (Å²) in [4.78, 5) is 31.5. The van der Waals surface area contributed by atoms with Gasteiger partial charge in [0, 0.05) is 37.9 Å². The number of aromatic nitrogens is 2. The van der Waals surface area contributed by atoms with E-state index in [-0.39, 0.29) is 17.7 Å². The summed E-state index contributed by atoms with van der Waals surface area (Å²) in [6.07, 6.45) is 2.56. The van der Waals surface area contributed by atoms with Crippen molar-refractivity contribution in [1.82, 2.24) is 15.0 Å². The number of rotatable bonds is 6. The number of anilines is 1. The third kappa shape index (κ3) is 5.17. The first-order valence-electron chi connectivity index (χ1n) is 10.6. The van der Waals surface area contributed by atoms with Gasteiger partial charge in [0.15, 0.2) is 0 Å². The molecule has 0 spiro atoms. The van der Waals surface area contributed by atoms with Crippen LogP contribution in [0, 0.1) is 12.8 Å². The first-order valence-corrected chi connectivity index (χ1v) is 10.6. The Labute approximate surface area is 181 Å². The quantitative estimate of drug-likeness (QED) is 0.657. The van der Waals surface area contributed by atoms with E-state index in [2.05, 4.69) is 15.5 Å². The van der Waals surface area contributed by atoms with Gasteiger partial charge in [0.2, 0.25) is 23.5 Å². The topological polar surface area (TPSA) is 88.3 Å². The predicted octanol–water partition coefficient (Wildman–Crippen LogP) is 3.85. The van der Waals surface area contributed by atoms with E-state index in [1.807, 2.05) is 59.5 Å². The molecule has 0 atom stereocenters. The van der Waals surface area contributed by atoms with Crippen LogP contribution >= 0.6 is 0 Å². The minimum Gasteiger partial charge on any atom is -0.343 e. The lowest BCUT2D eigenvalue weighted by molar-refractivity contribution is -0.134. The molecule has 1 aliphatic rings. The molecule has 2 amide bonds. The van der Waals surface area contributed by atoms with Crippen molar-refractivity contribution in [1.29, 1.82) is 0 Å². The molecular weight excluding hydrogens is 392 g/mol. The van der Waals surface area contributed by atoms with Crippen LogP contribution in [0.25, 0.3) is 11.4 Å². The first-order chi connectivity index (χ1) is 15.1. The smallest absolute Gasteiger partial charge is 0.227 e. The van der Waals surface area contributed by atoms with Gasteiger partial charge < -0.3 is 14.7 Å². The number of carbonyl (C=O) groups excluding carboxylic acids is 2. The molecule has 0 unspecified atom stereocenters. The monoisotopic (exact) mass is 418 g/mol. The number of likely N-dealkylation sites (tertiary alicyclic amines) is 1. The highest BCUT2D eigenvalue weighted by Gasteiger charge is 2.27. The molecule has 0 bridgehead atoms. The van der Waals surface area contributed by atoms with Crippen molar-refractivity contribution in [2.75, 3.05) is 18.4 Å². The normalized spacial score (nSPS) is 14.4. The Morgan fingerprint density at radius 3 is 2.48 bits per heavy atom. The van der Waals surface area contributed by atoms with E-state index in [0.717, 1.165) is 12.0 Å². The number of nitrogens with zero attached hydrogens (tertiary/aromatic N) is 3. The van der Waals surface area contributed by atoms with Gasteiger partial charge in [-0.2, -0.15) is 4.98 Å². The number of hydrogen-bond donors (Lipinski definition) is 1. The van der Waals surface area contributed by atoms with E-state index in [9.17, 15) is 9.59 Å². The van der Waals surface area contributed by atoms with Crippen LogP contribution in [0.3, 0.4) is 0 Å². The standard InChI is InChI=1S/C24H26N4O3/c1-17-25-23(27-31-17)20-9-5-6-10-21(20)26-24(30)19-13-15-28(16-14-19)22(29)12-11-18-7-3-2-4-8-18/h2-10,19H,11-16H2,1H3,(H,26,30). The first kappa shape index (κ1) is 20.8. The minimum atomic E-state index is -0.127. The van der Waals surface area contributed by atoms with E-state index in [0.29, 0.717) is 49.8 Å². The molecule has 1 fully saturated rings. The van der Waals surface area contributed by atoms with Crippen molar-refractivity contribution in [3.63, 3.8) is 0 Å². The van der Waals surface area contributed by atoms with Gasteiger partial charge in [-0.1, -0.05) is 47.6 Å². The van der Waals surface area contributed by atoms with Crippen molar-refractivity contribution in [2.45, 2.75) is 32.6 Å². The second-order valence-corrected chi connectivity index (χ2v) is 7.81. The molecule has 0 saturated carbocycles. The largest absolute Gasteiger partial charge is 0.343 e. The fourth-order valence-electron chi connectivity index (χ4n) is 3.88. The lowest BCUT2D eigenvalue weighted by Crippen LogP contribution is -2.41. The molecule has 160 valence electrons. The van der Waals surface area contributed by atoms with Crippen LogP contribution in [0.4, 0.5) is 5.69 Å². The molecule has 7 nitrogen and oxygen atoms in total. The van der Waals surface area contributed by atoms with Gasteiger partial charge in [-0.15, -0.1) is 0 Å². The van der Waals surface area contributed by atoms with Gasteiger partial charge in [0.1, 0.15) is 0 Å². The predicted molar refractivity (Wildman–Crippen MR) is 117 cm³/mol. The molecule has 2 aromatic carbocycles. The second kappa shape index (κ2) is 9.55. The zero-order valence-corrected chi connectivity index (χ0v) is 17.6. The summed E-state index contributed by atoms with van der Waals surface area (Å²) in [6.45, 7) is 2.95. The Balaban J connectivity index is 1.30. The van der Waals surface area contributed by atoms with Crippen molar-refractivity contribution in [2.24, 2.45) is 5.92 Å². The van der Waals surface area contributed by atoms with Crippen LogP contribution in [0.15, 0.2) is 59.1 Å². The third-order valence-corrected chi connectivity index (χ3v) is 5.64. The molecular formula is C24H26N4O3. The number of benzene rings is 2. The maximum Gasteiger partial charge on any atom is 0.227 e. The van der Waals surface area contributed by atoms with Gasteiger partial charge in [-0.05, 0) is 37.0 Å². The van der Waals surface area contributed by atoms with Gasteiger partial charge in [0.05, 0.1) is 5.69 Å². The fraction of sp³-hybridized carbons (Fsp3) is 0.333. The Bertz CT molecular complexity index is 1040. The van der Waals surface area contributed by atoms with Crippen LogP contribution < -0.4 is 5.32 Å². The van der Waals surface area contributed by atoms with Crippen LogP contribution in [-0.4, -0.2) is 39.9 Å². The van der Waals surface area contributed by atoms with Crippen LogP contribution in [0.2, 0.25) is 0 Å². The number of carbonyl (C=O) groups is 2. The highest BCUT2D eigenvalue weighted by molar-refractivity contribution is 5.96. The Morgan fingerprint density at radius 1 is 1.06 bits per heavy atom. The number of para-hydroxylation sites is 1. The number of amides is 2. The summed E-state index contributed by atoms with van der Waals surface area (Å²) in [6, 6.07) is 17.5. The van der Waals surface area contributed by atoms with Crippen molar-refractivity contribution in [3.8, 4) is 11.4 Å². The van der Waals surface area contributed by atoms with Gasteiger partial charge >= 0.3 is 0 Å². The summed E-state index contributed by atoms with van der Waals surface area (Å²) in [7, 11) is 0. The van der Waals surface area contributed by atoms with E-state index >= 15 is 0 Å². The fourth-order valence-corrected chi connectivity index (χ4v) is 3.88. The number of aryl methyl sites for hydroxylation is 2. The van der Waals surface area contributed by atoms with Crippen LogP contribution in [0.5, 0.6) is 0 Å². The molecule has 7 heteroatoms. The highest BCUT2D eigenvalue weighted by atomic mass is 16.5. The van der Waals surface area contributed by atoms with E-state index in [1.165, 1.54) is 5.56 Å². The second-order valence-electron chi connectivity index (χ2n) is 7.81. The highest BCUT2D eigenvalue weighted by Crippen LogP contribution is 2.27. The molecule has 1 aromatic heterocycles. The van der Waals surface area contributed by atoms with Crippen LogP contribution in [0.1, 0.15) is 30.7 Å². The Kier molecular flexibility index (Phi) is 6.40. The summed E-state index contributed by atoms with van der Waals surface area (Å²) in [5.41, 5.74) is 2.55. The summed E-state index contributed by atoms with van der Waals surface area (Å²) >= 11 is 0. The zero-order valence-electron chi connectivity index (χ0n) is 17.6. The SMILES string of the molecule is Cc1nc(-c2ccccc2NC(=O)C2CCN(C(=O)CCc3ccccc3)CC2)no1. The lowest BCUT2D eigenvalue weighted by atomic mass is 9.95. The average molecular weight is 418 g/mol. The molecule has 1 saturated heterocycles. The zero-order chi connectivity index (χ0) is 21.6. The molecule has 3 aromatic rings. The molecule has 1 aliphatic heterocycles. The number of hydrogen-bond acceptors (Lipinski definition) is 5. The van der Waals surface area contributed by atoms with E-state index in [1.54, 1.807) is 6.92 Å². The van der Waals surface area contributed by atoms with Gasteiger partial charge in [-0.3, -0.25) is 9.59 Å². The van der Waals surface area contributed by atoms with E-state index in [4.69, 9.17) is 4.52 Å². The van der Waals surface area contributed by atoms with Crippen molar-refractivity contribution < 1.29 is 14.1 Å². The summed E-state index contributed by atoms with van der Waals surface area (Å²) < 4.78 is 5.07. The maximum atomic E-state index is 12.9. The van der Waals surface area contributed by atoms with E-state index < -0.39 is 0 Å². The lowest BCUT2D eigenvalue weighted by Gasteiger charge is -2.31. The Hall–Kier alpha value is -3.48. The molecule has 31 heavy (non-hydrogen) atoms. The van der Waals surface area contributed by atoms with Crippen LogP contribution in [-0.2, 0) is 16.0 Å². The Morgan fingerprint density at radius 2 is 1.77 bits per heavy atom. The molecule has 4 rings (SSSR count). The van der Waals surface area contributed by atoms with Crippen molar-refractivity contribution >= 4 is 17.5 Å². The molecule has 1 N–H and O–H groups in total. The molecule has 2 heterocycles.